The Morgan fingerprint density at radius 1 is 1.40 bits per heavy atom. The van der Waals surface area contributed by atoms with Crippen LogP contribution in [0.1, 0.15) is 19.0 Å². The van der Waals surface area contributed by atoms with Crippen LogP contribution in [0.2, 0.25) is 0 Å². The highest BCUT2D eigenvalue weighted by atomic mass is 16.5. The molecular weight excluding hydrogens is 190 g/mol. The normalized spacial score (nSPS) is 10.5. The average Bonchev–Trinajstić information content (AvgIpc) is 2.57. The smallest absolute Gasteiger partial charge is 0.310 e. The van der Waals surface area contributed by atoms with Gasteiger partial charge in [0.25, 0.3) is 0 Å². The van der Waals surface area contributed by atoms with Gasteiger partial charge in [-0.05, 0) is 30.5 Å². The van der Waals surface area contributed by atoms with Crippen LogP contribution in [0.15, 0.2) is 24.3 Å². The number of rotatable bonds is 2. The third-order valence-electron chi connectivity index (χ3n) is 2.25. The molecule has 0 saturated carbocycles. The summed E-state index contributed by atoms with van der Waals surface area (Å²) in [5.41, 5.74) is 2.10. The third kappa shape index (κ3) is 2.01. The first-order valence-electron chi connectivity index (χ1n) is 4.99. The zero-order valence-corrected chi connectivity index (χ0v) is 8.83. The Hall–Kier alpha value is -1.77. The van der Waals surface area contributed by atoms with Gasteiger partial charge in [0.2, 0.25) is 0 Å². The molecule has 0 aliphatic heterocycles. The summed E-state index contributed by atoms with van der Waals surface area (Å²) in [4.78, 5) is 14.3. The van der Waals surface area contributed by atoms with Crippen LogP contribution < -0.4 is 4.74 Å². The number of aromatic nitrogens is 1. The Morgan fingerprint density at radius 2 is 2.20 bits per heavy atom. The van der Waals surface area contributed by atoms with E-state index < -0.39 is 0 Å². The first-order valence-corrected chi connectivity index (χ1v) is 4.99. The van der Waals surface area contributed by atoms with E-state index in [4.69, 9.17) is 4.74 Å². The summed E-state index contributed by atoms with van der Waals surface area (Å²) in [5.74, 6) is 0.383. The predicted molar refractivity (Wildman–Crippen MR) is 59.0 cm³/mol. The van der Waals surface area contributed by atoms with E-state index in [1.165, 1.54) is 0 Å². The molecule has 0 aliphatic rings. The minimum absolute atomic E-state index is 0.211. The summed E-state index contributed by atoms with van der Waals surface area (Å²) >= 11 is 0. The van der Waals surface area contributed by atoms with E-state index in [0.29, 0.717) is 12.2 Å². The molecule has 2 rings (SSSR count). The topological polar surface area (TPSA) is 42.1 Å². The lowest BCUT2D eigenvalue weighted by Gasteiger charge is -2.01. The zero-order chi connectivity index (χ0) is 10.8. The number of benzene rings is 1. The largest absolute Gasteiger partial charge is 0.426 e. The number of ether oxygens (including phenoxy) is 1. The van der Waals surface area contributed by atoms with Crippen molar-refractivity contribution in [2.45, 2.75) is 20.3 Å². The van der Waals surface area contributed by atoms with Crippen molar-refractivity contribution >= 4 is 16.9 Å². The highest BCUT2D eigenvalue weighted by molar-refractivity contribution is 5.82. The molecule has 1 N–H and O–H groups in total. The molecule has 0 radical (unpaired) electrons. The number of carbonyl (C=O) groups is 1. The molecular formula is C12H13NO2. The van der Waals surface area contributed by atoms with Crippen LogP contribution in [0.4, 0.5) is 0 Å². The Bertz CT molecular complexity index is 499. The maximum Gasteiger partial charge on any atom is 0.310 e. The second-order valence-electron chi connectivity index (χ2n) is 3.53. The average molecular weight is 203 g/mol. The van der Waals surface area contributed by atoms with Gasteiger partial charge in [-0.25, -0.2) is 0 Å². The van der Waals surface area contributed by atoms with E-state index in [0.717, 1.165) is 16.6 Å². The van der Waals surface area contributed by atoms with Crippen molar-refractivity contribution in [1.29, 1.82) is 0 Å². The van der Waals surface area contributed by atoms with Crippen molar-refractivity contribution in [2.75, 3.05) is 0 Å². The third-order valence-corrected chi connectivity index (χ3v) is 2.25. The van der Waals surface area contributed by atoms with Gasteiger partial charge < -0.3 is 9.72 Å². The van der Waals surface area contributed by atoms with Gasteiger partial charge in [0.1, 0.15) is 5.75 Å². The lowest BCUT2D eigenvalue weighted by Crippen LogP contribution is -2.05. The summed E-state index contributed by atoms with van der Waals surface area (Å²) in [6, 6.07) is 7.65. The van der Waals surface area contributed by atoms with Gasteiger partial charge >= 0.3 is 5.97 Å². The quantitative estimate of drug-likeness (QED) is 0.602. The molecule has 0 bridgehead atoms. The van der Waals surface area contributed by atoms with Crippen LogP contribution in [-0.4, -0.2) is 11.0 Å². The number of fused-ring (bicyclic) bond motifs is 1. The second-order valence-corrected chi connectivity index (χ2v) is 3.53. The molecule has 78 valence electrons. The minimum atomic E-state index is -0.211. The van der Waals surface area contributed by atoms with Crippen LogP contribution >= 0.6 is 0 Å². The molecule has 3 nitrogen and oxygen atoms in total. The fraction of sp³-hybridized carbons (Fsp3) is 0.250. The zero-order valence-electron chi connectivity index (χ0n) is 8.83. The molecule has 3 heteroatoms. The minimum Gasteiger partial charge on any atom is -0.426 e. The number of nitrogens with one attached hydrogen (secondary N) is 1. The number of hydrogen-bond donors (Lipinski definition) is 1. The van der Waals surface area contributed by atoms with Gasteiger partial charge in [-0.3, -0.25) is 4.79 Å². The lowest BCUT2D eigenvalue weighted by atomic mass is 10.2. The molecule has 0 spiro atoms. The van der Waals surface area contributed by atoms with Crippen molar-refractivity contribution in [3.05, 3.63) is 30.0 Å². The molecule has 1 aromatic carbocycles. The fourth-order valence-electron chi connectivity index (χ4n) is 1.52. The van der Waals surface area contributed by atoms with E-state index >= 15 is 0 Å². The van der Waals surface area contributed by atoms with Crippen LogP contribution in [0, 0.1) is 6.92 Å². The Labute approximate surface area is 88.1 Å². The molecule has 0 unspecified atom stereocenters. The first-order chi connectivity index (χ1) is 7.19. The van der Waals surface area contributed by atoms with E-state index in [1.807, 2.05) is 25.1 Å². The highest BCUT2D eigenvalue weighted by Gasteiger charge is 2.03. The Balaban J connectivity index is 2.33. The van der Waals surface area contributed by atoms with Crippen LogP contribution in [-0.2, 0) is 4.79 Å². The Morgan fingerprint density at radius 3 is 2.93 bits per heavy atom. The molecule has 0 fully saturated rings. The van der Waals surface area contributed by atoms with Gasteiger partial charge in [-0.1, -0.05) is 6.92 Å². The van der Waals surface area contributed by atoms with Gasteiger partial charge in [0.15, 0.2) is 0 Å². The van der Waals surface area contributed by atoms with Crippen LogP contribution in [0.3, 0.4) is 0 Å². The van der Waals surface area contributed by atoms with Gasteiger partial charge in [0, 0.05) is 23.7 Å². The second kappa shape index (κ2) is 3.77. The molecule has 0 saturated heterocycles. The maximum atomic E-state index is 11.1. The number of esters is 1. The predicted octanol–water partition coefficient (Wildman–Crippen LogP) is 2.79. The molecule has 0 atom stereocenters. The fourth-order valence-corrected chi connectivity index (χ4v) is 1.52. The van der Waals surface area contributed by atoms with E-state index in [-0.39, 0.29) is 5.97 Å². The number of carbonyl (C=O) groups excluding carboxylic acids is 1. The molecule has 1 heterocycles. The summed E-state index contributed by atoms with van der Waals surface area (Å²) in [6.07, 6.45) is 0.391. The monoisotopic (exact) mass is 203 g/mol. The highest BCUT2D eigenvalue weighted by Crippen LogP contribution is 2.21. The summed E-state index contributed by atoms with van der Waals surface area (Å²) in [5, 5.41) is 1.13. The van der Waals surface area contributed by atoms with Crippen molar-refractivity contribution in [3.8, 4) is 5.75 Å². The molecule has 2 aromatic rings. The van der Waals surface area contributed by atoms with Crippen LogP contribution in [0.5, 0.6) is 5.75 Å². The lowest BCUT2D eigenvalue weighted by molar-refractivity contribution is -0.134. The molecule has 0 aliphatic carbocycles. The first kappa shape index (κ1) is 9.77. The number of aromatic amines is 1. The van der Waals surface area contributed by atoms with E-state index in [1.54, 1.807) is 6.92 Å². The van der Waals surface area contributed by atoms with Gasteiger partial charge in [-0.2, -0.15) is 0 Å². The van der Waals surface area contributed by atoms with Crippen molar-refractivity contribution in [3.63, 3.8) is 0 Å². The maximum absolute atomic E-state index is 11.1. The Kier molecular flexibility index (Phi) is 2.46. The van der Waals surface area contributed by atoms with Crippen molar-refractivity contribution in [2.24, 2.45) is 0 Å². The number of H-pyrrole nitrogens is 1. The van der Waals surface area contributed by atoms with E-state index in [2.05, 4.69) is 11.1 Å². The van der Waals surface area contributed by atoms with Crippen molar-refractivity contribution < 1.29 is 9.53 Å². The summed E-state index contributed by atoms with van der Waals surface area (Å²) in [6.45, 7) is 3.78. The molecule has 0 amide bonds. The summed E-state index contributed by atoms with van der Waals surface area (Å²) in [7, 11) is 0. The van der Waals surface area contributed by atoms with Crippen LogP contribution in [0.25, 0.3) is 10.9 Å². The van der Waals surface area contributed by atoms with Gasteiger partial charge in [0.05, 0.1) is 0 Å². The van der Waals surface area contributed by atoms with Crippen molar-refractivity contribution in [1.82, 2.24) is 4.98 Å². The SMILES string of the molecule is CCC(=O)Oc1ccc2cc(C)[nH]c2c1. The van der Waals surface area contributed by atoms with Gasteiger partial charge in [-0.15, -0.1) is 0 Å². The van der Waals surface area contributed by atoms with E-state index in [9.17, 15) is 4.79 Å². The number of hydrogen-bond acceptors (Lipinski definition) is 2. The molecule has 15 heavy (non-hydrogen) atoms. The summed E-state index contributed by atoms with van der Waals surface area (Å²) < 4.78 is 5.12. The standard InChI is InChI=1S/C12H13NO2/c1-3-12(14)15-10-5-4-9-6-8(2)13-11(9)7-10/h4-7,13H,3H2,1-2H3. The molecule has 1 aromatic heterocycles. The number of aryl methyl sites for hydroxylation is 1.